The Labute approximate surface area is 120 Å². The number of nitrogens with zero attached hydrogens (tertiary/aromatic N) is 2. The van der Waals surface area contributed by atoms with Crippen LogP contribution in [0.25, 0.3) is 10.2 Å². The molecule has 0 bridgehead atoms. The summed E-state index contributed by atoms with van der Waals surface area (Å²) in [4.78, 5) is 24.5. The van der Waals surface area contributed by atoms with Crippen LogP contribution in [0.3, 0.4) is 0 Å². The zero-order chi connectivity index (χ0) is 15.1. The third kappa shape index (κ3) is 2.82. The maximum absolute atomic E-state index is 12.2. The highest BCUT2D eigenvalue weighted by molar-refractivity contribution is 7.20. The number of nitrogens with one attached hydrogen (secondary N) is 1. The number of thiophene rings is 1. The Kier molecular flexibility index (Phi) is 3.56. The summed E-state index contributed by atoms with van der Waals surface area (Å²) in [6, 6.07) is 1.80. The number of hydrogen-bond donors (Lipinski definition) is 2. The highest BCUT2D eigenvalue weighted by atomic mass is 32.1. The van der Waals surface area contributed by atoms with Crippen molar-refractivity contribution in [2.75, 3.05) is 0 Å². The number of carbonyl (C=O) groups excluding carboxylic acids is 1. The number of aliphatic carboxylic acids is 1. The smallest absolute Gasteiger partial charge is 0.305 e. The third-order valence-corrected chi connectivity index (χ3v) is 4.17. The number of amides is 1. The first-order chi connectivity index (χ1) is 9.19. The Morgan fingerprint density at radius 3 is 2.70 bits per heavy atom. The fraction of sp³-hybridized carbons (Fsp3) is 0.462. The first kappa shape index (κ1) is 14.5. The van der Waals surface area contributed by atoms with Crippen LogP contribution >= 0.6 is 11.3 Å². The van der Waals surface area contributed by atoms with Gasteiger partial charge in [0, 0.05) is 18.0 Å². The molecule has 0 spiro atoms. The SMILES string of the molecule is Cc1nn(C)c2sc(C(=O)NC(C)(C)CC(=O)O)cc12. The molecule has 2 N–H and O–H groups in total. The average molecular weight is 295 g/mol. The van der Waals surface area contributed by atoms with Crippen LogP contribution < -0.4 is 5.32 Å². The summed E-state index contributed by atoms with van der Waals surface area (Å²) >= 11 is 1.35. The lowest BCUT2D eigenvalue weighted by atomic mass is 10.0. The summed E-state index contributed by atoms with van der Waals surface area (Å²) in [6.07, 6.45) is -0.121. The molecule has 0 atom stereocenters. The lowest BCUT2D eigenvalue weighted by Crippen LogP contribution is -2.44. The van der Waals surface area contributed by atoms with E-state index in [0.29, 0.717) is 4.88 Å². The molecule has 0 aliphatic rings. The highest BCUT2D eigenvalue weighted by Crippen LogP contribution is 2.28. The van der Waals surface area contributed by atoms with Gasteiger partial charge in [-0.1, -0.05) is 0 Å². The van der Waals surface area contributed by atoms with E-state index in [9.17, 15) is 9.59 Å². The van der Waals surface area contributed by atoms with Crippen LogP contribution in [0.15, 0.2) is 6.07 Å². The number of hydrogen-bond acceptors (Lipinski definition) is 4. The van der Waals surface area contributed by atoms with Crippen molar-refractivity contribution >= 4 is 33.4 Å². The van der Waals surface area contributed by atoms with Crippen LogP contribution in [0.1, 0.15) is 35.6 Å². The topological polar surface area (TPSA) is 84.2 Å². The minimum atomic E-state index is -0.938. The summed E-state index contributed by atoms with van der Waals surface area (Å²) in [5.41, 5.74) is 0.0921. The van der Waals surface area contributed by atoms with Crippen LogP contribution in [-0.2, 0) is 11.8 Å². The van der Waals surface area contributed by atoms with Gasteiger partial charge in [-0.15, -0.1) is 11.3 Å². The van der Waals surface area contributed by atoms with E-state index in [1.54, 1.807) is 24.6 Å². The normalized spacial score (nSPS) is 11.8. The Hall–Kier alpha value is -1.89. The quantitative estimate of drug-likeness (QED) is 0.902. The van der Waals surface area contributed by atoms with Crippen molar-refractivity contribution in [3.8, 4) is 0 Å². The molecule has 0 radical (unpaired) electrons. The van der Waals surface area contributed by atoms with Crippen molar-refractivity contribution in [1.29, 1.82) is 0 Å². The van der Waals surface area contributed by atoms with E-state index in [1.165, 1.54) is 11.3 Å². The molecular formula is C13H17N3O3S. The minimum absolute atomic E-state index is 0.121. The average Bonchev–Trinajstić information content (AvgIpc) is 2.79. The molecule has 2 aromatic heterocycles. The van der Waals surface area contributed by atoms with Crippen molar-refractivity contribution in [1.82, 2.24) is 15.1 Å². The van der Waals surface area contributed by atoms with Gasteiger partial charge in [0.2, 0.25) is 0 Å². The lowest BCUT2D eigenvalue weighted by molar-refractivity contribution is -0.138. The second-order valence-electron chi connectivity index (χ2n) is 5.45. The molecule has 2 rings (SSSR count). The summed E-state index contributed by atoms with van der Waals surface area (Å²) in [7, 11) is 1.84. The zero-order valence-corrected chi connectivity index (χ0v) is 12.7. The molecule has 0 unspecified atom stereocenters. The predicted octanol–water partition coefficient (Wildman–Crippen LogP) is 1.93. The first-order valence-electron chi connectivity index (χ1n) is 6.17. The molecule has 0 aromatic carbocycles. The van der Waals surface area contributed by atoms with Gasteiger partial charge in [-0.05, 0) is 26.8 Å². The lowest BCUT2D eigenvalue weighted by Gasteiger charge is -2.23. The van der Waals surface area contributed by atoms with Crippen LogP contribution in [0.4, 0.5) is 0 Å². The van der Waals surface area contributed by atoms with Gasteiger partial charge in [-0.2, -0.15) is 5.10 Å². The minimum Gasteiger partial charge on any atom is -0.481 e. The van der Waals surface area contributed by atoms with Crippen LogP contribution in [0.5, 0.6) is 0 Å². The van der Waals surface area contributed by atoms with Gasteiger partial charge in [0.15, 0.2) is 0 Å². The van der Waals surface area contributed by atoms with E-state index in [1.807, 2.05) is 14.0 Å². The molecule has 2 heterocycles. The summed E-state index contributed by atoms with van der Waals surface area (Å²) in [6.45, 7) is 5.28. The van der Waals surface area contributed by atoms with E-state index in [2.05, 4.69) is 10.4 Å². The number of rotatable bonds is 4. The predicted molar refractivity (Wildman–Crippen MR) is 77.1 cm³/mol. The van der Waals surface area contributed by atoms with Gasteiger partial charge < -0.3 is 10.4 Å². The molecule has 2 aromatic rings. The summed E-state index contributed by atoms with van der Waals surface area (Å²) in [5.74, 6) is -1.19. The Balaban J connectivity index is 2.23. The zero-order valence-electron chi connectivity index (χ0n) is 11.9. The van der Waals surface area contributed by atoms with E-state index in [-0.39, 0.29) is 12.3 Å². The molecule has 0 saturated heterocycles. The van der Waals surface area contributed by atoms with Gasteiger partial charge in [-0.25, -0.2) is 0 Å². The summed E-state index contributed by atoms with van der Waals surface area (Å²) < 4.78 is 1.74. The van der Waals surface area contributed by atoms with Gasteiger partial charge in [0.05, 0.1) is 17.0 Å². The molecular weight excluding hydrogens is 278 g/mol. The largest absolute Gasteiger partial charge is 0.481 e. The molecule has 7 heteroatoms. The van der Waals surface area contributed by atoms with Gasteiger partial charge in [0.1, 0.15) is 4.83 Å². The Morgan fingerprint density at radius 2 is 2.15 bits per heavy atom. The standard InChI is InChI=1S/C13H17N3O3S/c1-7-8-5-9(20-12(8)16(4)15-7)11(19)14-13(2,3)6-10(17)18/h5H,6H2,1-4H3,(H,14,19)(H,17,18). The van der Waals surface area contributed by atoms with Gasteiger partial charge in [-0.3, -0.25) is 14.3 Å². The molecule has 0 saturated carbocycles. The number of aromatic nitrogens is 2. The van der Waals surface area contributed by atoms with Crippen molar-refractivity contribution in [2.24, 2.45) is 7.05 Å². The molecule has 0 aliphatic carbocycles. The highest BCUT2D eigenvalue weighted by Gasteiger charge is 2.25. The molecule has 1 amide bonds. The van der Waals surface area contributed by atoms with Crippen molar-refractivity contribution in [3.05, 3.63) is 16.6 Å². The molecule has 0 aliphatic heterocycles. The van der Waals surface area contributed by atoms with E-state index < -0.39 is 11.5 Å². The number of carboxylic acid groups (broad SMARTS) is 1. The molecule has 20 heavy (non-hydrogen) atoms. The maximum Gasteiger partial charge on any atom is 0.305 e. The second-order valence-corrected chi connectivity index (χ2v) is 6.48. The van der Waals surface area contributed by atoms with Crippen molar-refractivity contribution in [3.63, 3.8) is 0 Å². The maximum atomic E-state index is 12.2. The van der Waals surface area contributed by atoms with Crippen LogP contribution in [0, 0.1) is 6.92 Å². The monoisotopic (exact) mass is 295 g/mol. The summed E-state index contributed by atoms with van der Waals surface area (Å²) in [5, 5.41) is 16.8. The van der Waals surface area contributed by atoms with E-state index in [0.717, 1.165) is 15.9 Å². The number of aryl methyl sites for hydroxylation is 2. The van der Waals surface area contributed by atoms with E-state index >= 15 is 0 Å². The molecule has 0 fully saturated rings. The fourth-order valence-corrected chi connectivity index (χ4v) is 3.13. The third-order valence-electron chi connectivity index (χ3n) is 2.97. The second kappa shape index (κ2) is 4.90. The van der Waals surface area contributed by atoms with Crippen LogP contribution in [0.2, 0.25) is 0 Å². The Morgan fingerprint density at radius 1 is 1.50 bits per heavy atom. The van der Waals surface area contributed by atoms with Crippen LogP contribution in [-0.4, -0.2) is 32.3 Å². The van der Waals surface area contributed by atoms with E-state index in [4.69, 9.17) is 5.11 Å². The van der Waals surface area contributed by atoms with Gasteiger partial charge in [0.25, 0.3) is 5.91 Å². The number of carboxylic acids is 1. The first-order valence-corrected chi connectivity index (χ1v) is 6.99. The van der Waals surface area contributed by atoms with Crippen molar-refractivity contribution < 1.29 is 14.7 Å². The number of carbonyl (C=O) groups is 2. The molecule has 108 valence electrons. The fourth-order valence-electron chi connectivity index (χ4n) is 2.11. The van der Waals surface area contributed by atoms with Gasteiger partial charge >= 0.3 is 5.97 Å². The number of fused-ring (bicyclic) bond motifs is 1. The van der Waals surface area contributed by atoms with Crippen molar-refractivity contribution in [2.45, 2.75) is 32.7 Å². The molecule has 6 nitrogen and oxygen atoms in total. The Bertz CT molecular complexity index is 650.